The minimum absolute atomic E-state index is 0.0129. The van der Waals surface area contributed by atoms with Crippen molar-refractivity contribution in [3.63, 3.8) is 0 Å². The van der Waals surface area contributed by atoms with E-state index in [0.717, 1.165) is 45.3 Å². The lowest BCUT2D eigenvalue weighted by Gasteiger charge is -2.33. The normalized spacial score (nSPS) is 21.6. The molecule has 1 heterocycles. The first-order chi connectivity index (χ1) is 12.3. The standard InChI is InChI=1S/C19H29N3O3S/c1-3-21-11-13-22(14-12-21)26(24,25)17-8-6-7-16(15-17)20-18(23)19(2)9-4-5-10-19/h6-8,15H,3-5,9-14H2,1-2H3,(H,20,23). The van der Waals surface area contributed by atoms with Gasteiger partial charge < -0.3 is 10.2 Å². The van der Waals surface area contributed by atoms with Crippen LogP contribution in [0.5, 0.6) is 0 Å². The molecule has 0 aromatic heterocycles. The summed E-state index contributed by atoms with van der Waals surface area (Å²) in [6.45, 7) is 7.53. The number of nitrogens with one attached hydrogen (secondary N) is 1. The van der Waals surface area contributed by atoms with Gasteiger partial charge in [0, 0.05) is 37.3 Å². The minimum atomic E-state index is -3.53. The van der Waals surface area contributed by atoms with Gasteiger partial charge in [-0.15, -0.1) is 0 Å². The summed E-state index contributed by atoms with van der Waals surface area (Å²) >= 11 is 0. The first-order valence-corrected chi connectivity index (χ1v) is 10.9. The van der Waals surface area contributed by atoms with Crippen molar-refractivity contribution in [3.05, 3.63) is 24.3 Å². The van der Waals surface area contributed by atoms with E-state index in [0.29, 0.717) is 18.8 Å². The van der Waals surface area contributed by atoms with E-state index in [1.807, 2.05) is 6.92 Å². The van der Waals surface area contributed by atoms with E-state index in [2.05, 4.69) is 17.1 Å². The van der Waals surface area contributed by atoms with E-state index in [9.17, 15) is 13.2 Å². The second kappa shape index (κ2) is 7.66. The Labute approximate surface area is 156 Å². The Balaban J connectivity index is 1.73. The second-order valence-electron chi connectivity index (χ2n) is 7.59. The number of anilines is 1. The molecule has 1 aromatic rings. The van der Waals surface area contributed by atoms with E-state index in [1.165, 1.54) is 0 Å². The highest BCUT2D eigenvalue weighted by molar-refractivity contribution is 7.89. The molecule has 144 valence electrons. The van der Waals surface area contributed by atoms with Crippen LogP contribution in [-0.4, -0.2) is 56.3 Å². The van der Waals surface area contributed by atoms with Crippen LogP contribution in [0.3, 0.4) is 0 Å². The number of sulfonamides is 1. The van der Waals surface area contributed by atoms with E-state index in [1.54, 1.807) is 28.6 Å². The fourth-order valence-corrected chi connectivity index (χ4v) is 5.30. The fourth-order valence-electron chi connectivity index (χ4n) is 3.83. The third kappa shape index (κ3) is 3.94. The van der Waals surface area contributed by atoms with Crippen molar-refractivity contribution in [1.82, 2.24) is 9.21 Å². The topological polar surface area (TPSA) is 69.7 Å². The van der Waals surface area contributed by atoms with Crippen molar-refractivity contribution in [2.75, 3.05) is 38.0 Å². The third-order valence-electron chi connectivity index (χ3n) is 5.76. The van der Waals surface area contributed by atoms with Crippen LogP contribution in [0.2, 0.25) is 0 Å². The van der Waals surface area contributed by atoms with Crippen LogP contribution in [0.15, 0.2) is 29.2 Å². The summed E-state index contributed by atoms with van der Waals surface area (Å²) in [4.78, 5) is 15.1. The Morgan fingerprint density at radius 3 is 2.42 bits per heavy atom. The number of hydrogen-bond acceptors (Lipinski definition) is 4. The maximum atomic E-state index is 12.9. The smallest absolute Gasteiger partial charge is 0.243 e. The zero-order valence-corrected chi connectivity index (χ0v) is 16.5. The average molecular weight is 380 g/mol. The van der Waals surface area contributed by atoms with Crippen molar-refractivity contribution < 1.29 is 13.2 Å². The van der Waals surface area contributed by atoms with Gasteiger partial charge in [0.2, 0.25) is 15.9 Å². The fraction of sp³-hybridized carbons (Fsp3) is 0.632. The summed E-state index contributed by atoms with van der Waals surface area (Å²) in [6.07, 6.45) is 3.92. The molecule has 1 saturated heterocycles. The molecule has 2 aliphatic rings. The van der Waals surface area contributed by atoms with E-state index < -0.39 is 10.0 Å². The van der Waals surface area contributed by atoms with Crippen LogP contribution in [0.25, 0.3) is 0 Å². The lowest BCUT2D eigenvalue weighted by molar-refractivity contribution is -0.124. The molecule has 0 spiro atoms. The predicted molar refractivity (Wildman–Crippen MR) is 103 cm³/mol. The molecule has 0 unspecified atom stereocenters. The highest BCUT2D eigenvalue weighted by atomic mass is 32.2. The summed E-state index contributed by atoms with van der Waals surface area (Å²) in [6, 6.07) is 6.64. The summed E-state index contributed by atoms with van der Waals surface area (Å²) < 4.78 is 27.4. The maximum Gasteiger partial charge on any atom is 0.243 e. The molecular weight excluding hydrogens is 350 g/mol. The number of amides is 1. The van der Waals surface area contributed by atoms with Gasteiger partial charge in [0.15, 0.2) is 0 Å². The van der Waals surface area contributed by atoms with Crippen LogP contribution < -0.4 is 5.32 Å². The van der Waals surface area contributed by atoms with Crippen LogP contribution in [0.1, 0.15) is 39.5 Å². The predicted octanol–water partition coefficient (Wildman–Crippen LogP) is 2.53. The highest BCUT2D eigenvalue weighted by Gasteiger charge is 2.36. The van der Waals surface area contributed by atoms with Gasteiger partial charge in [-0.3, -0.25) is 4.79 Å². The molecule has 1 aliphatic heterocycles. The number of carbonyl (C=O) groups is 1. The first-order valence-electron chi connectivity index (χ1n) is 9.49. The number of hydrogen-bond donors (Lipinski definition) is 1. The zero-order chi connectivity index (χ0) is 18.8. The summed E-state index contributed by atoms with van der Waals surface area (Å²) in [5.41, 5.74) is 0.210. The Bertz CT molecular complexity index is 749. The first kappa shape index (κ1) is 19.3. The van der Waals surface area contributed by atoms with E-state index >= 15 is 0 Å². The number of benzene rings is 1. The Morgan fingerprint density at radius 1 is 1.15 bits per heavy atom. The van der Waals surface area contributed by atoms with Crippen molar-refractivity contribution >= 4 is 21.6 Å². The lowest BCUT2D eigenvalue weighted by Crippen LogP contribution is -2.48. The maximum absolute atomic E-state index is 12.9. The van der Waals surface area contributed by atoms with Crippen LogP contribution in [0.4, 0.5) is 5.69 Å². The van der Waals surface area contributed by atoms with Crippen molar-refractivity contribution in [2.45, 2.75) is 44.4 Å². The molecule has 1 amide bonds. The molecule has 0 radical (unpaired) electrons. The third-order valence-corrected chi connectivity index (χ3v) is 7.66. The quantitative estimate of drug-likeness (QED) is 0.853. The largest absolute Gasteiger partial charge is 0.326 e. The summed E-state index contributed by atoms with van der Waals surface area (Å²) in [5.74, 6) is -0.0129. The Morgan fingerprint density at radius 2 is 1.81 bits per heavy atom. The number of nitrogens with zero attached hydrogens (tertiary/aromatic N) is 2. The molecular formula is C19H29N3O3S. The van der Waals surface area contributed by atoms with Gasteiger partial charge in [0.05, 0.1) is 4.90 Å². The number of carbonyl (C=O) groups excluding carboxylic acids is 1. The van der Waals surface area contributed by atoms with Crippen LogP contribution in [-0.2, 0) is 14.8 Å². The molecule has 1 N–H and O–H groups in total. The average Bonchev–Trinajstić information content (AvgIpc) is 3.10. The van der Waals surface area contributed by atoms with E-state index in [4.69, 9.17) is 0 Å². The molecule has 0 atom stereocenters. The SMILES string of the molecule is CCN1CCN(S(=O)(=O)c2cccc(NC(=O)C3(C)CCCC3)c2)CC1. The second-order valence-corrected chi connectivity index (χ2v) is 9.53. The molecule has 6 nitrogen and oxygen atoms in total. The van der Waals surface area contributed by atoms with Gasteiger partial charge in [-0.2, -0.15) is 4.31 Å². The summed E-state index contributed by atoms with van der Waals surface area (Å²) in [7, 11) is -3.53. The van der Waals surface area contributed by atoms with Gasteiger partial charge in [0.1, 0.15) is 0 Å². The Kier molecular flexibility index (Phi) is 5.69. The van der Waals surface area contributed by atoms with Crippen LogP contribution >= 0.6 is 0 Å². The minimum Gasteiger partial charge on any atom is -0.326 e. The van der Waals surface area contributed by atoms with Crippen molar-refractivity contribution in [3.8, 4) is 0 Å². The van der Waals surface area contributed by atoms with Gasteiger partial charge >= 0.3 is 0 Å². The summed E-state index contributed by atoms with van der Waals surface area (Å²) in [5, 5.41) is 2.93. The number of rotatable bonds is 5. The van der Waals surface area contributed by atoms with Gasteiger partial charge in [-0.25, -0.2) is 8.42 Å². The van der Waals surface area contributed by atoms with Crippen molar-refractivity contribution in [2.24, 2.45) is 5.41 Å². The molecule has 1 aliphatic carbocycles. The zero-order valence-electron chi connectivity index (χ0n) is 15.7. The van der Waals surface area contributed by atoms with Crippen molar-refractivity contribution in [1.29, 1.82) is 0 Å². The molecule has 1 aromatic carbocycles. The van der Waals surface area contributed by atoms with Gasteiger partial charge in [-0.05, 0) is 37.6 Å². The van der Waals surface area contributed by atoms with Gasteiger partial charge in [-0.1, -0.05) is 32.8 Å². The molecule has 2 fully saturated rings. The molecule has 0 bridgehead atoms. The lowest BCUT2D eigenvalue weighted by atomic mass is 9.88. The van der Waals surface area contributed by atoms with E-state index in [-0.39, 0.29) is 16.2 Å². The number of likely N-dealkylation sites (N-methyl/N-ethyl adjacent to an activating group) is 1. The monoisotopic (exact) mass is 379 g/mol. The van der Waals surface area contributed by atoms with Gasteiger partial charge in [0.25, 0.3) is 0 Å². The molecule has 7 heteroatoms. The molecule has 1 saturated carbocycles. The van der Waals surface area contributed by atoms with Crippen LogP contribution in [0, 0.1) is 5.41 Å². The highest BCUT2D eigenvalue weighted by Crippen LogP contribution is 2.38. The molecule has 3 rings (SSSR count). The molecule has 26 heavy (non-hydrogen) atoms. The number of piperazine rings is 1. The Hall–Kier alpha value is -1.44.